The van der Waals surface area contributed by atoms with Crippen LogP contribution in [0.2, 0.25) is 0 Å². The molecule has 0 bridgehead atoms. The van der Waals surface area contributed by atoms with Crippen LogP contribution in [-0.2, 0) is 0 Å². The van der Waals surface area contributed by atoms with Crippen LogP contribution in [0, 0.1) is 10.1 Å². The molecule has 18 heavy (non-hydrogen) atoms. The summed E-state index contributed by atoms with van der Waals surface area (Å²) >= 11 is 0.654. The number of hydrogen-bond donors (Lipinski definition) is 0. The molecular weight excluding hydrogens is 269 g/mol. The first kappa shape index (κ1) is 12.9. The molecule has 0 aromatic heterocycles. The Kier molecular flexibility index (Phi) is 3.29. The Balaban J connectivity index is 2.19. The van der Waals surface area contributed by atoms with Crippen LogP contribution in [0.25, 0.3) is 0 Å². The maximum Gasteiger partial charge on any atom is 0.439 e. The summed E-state index contributed by atoms with van der Waals surface area (Å²) in [5.41, 5.74) is 0.455. The largest absolute Gasteiger partial charge is 0.439 e. The molecule has 1 heterocycles. The van der Waals surface area contributed by atoms with Crippen molar-refractivity contribution in [2.45, 2.75) is 12.2 Å². The van der Waals surface area contributed by atoms with Gasteiger partial charge in [0.25, 0.3) is 5.69 Å². The molecule has 1 aliphatic rings. The summed E-state index contributed by atoms with van der Waals surface area (Å²) in [4.78, 5) is 13.5. The smallest absolute Gasteiger partial charge is 0.265 e. The molecule has 0 saturated heterocycles. The molecule has 2 rings (SSSR count). The fraction of sp³-hybridized carbons (Fsp3) is 0.300. The Morgan fingerprint density at radius 3 is 2.39 bits per heavy atom. The summed E-state index contributed by atoms with van der Waals surface area (Å²) < 4.78 is 37.1. The van der Waals surface area contributed by atoms with Crippen LogP contribution < -0.4 is 0 Å². The molecule has 1 aliphatic heterocycles. The average molecular weight is 276 g/mol. The number of hydrogen-bond acceptors (Lipinski definition) is 4. The number of non-ortho nitro benzene ring substituents is 1. The molecule has 1 atom stereocenters. The van der Waals surface area contributed by atoms with Crippen LogP contribution in [0.5, 0.6) is 0 Å². The van der Waals surface area contributed by atoms with Gasteiger partial charge in [-0.1, -0.05) is 23.9 Å². The van der Waals surface area contributed by atoms with E-state index in [-0.39, 0.29) is 11.4 Å². The van der Waals surface area contributed by atoms with Gasteiger partial charge in [0.15, 0.2) is 5.04 Å². The van der Waals surface area contributed by atoms with E-state index in [0.717, 1.165) is 0 Å². The van der Waals surface area contributed by atoms with Gasteiger partial charge in [-0.05, 0) is 5.56 Å². The van der Waals surface area contributed by atoms with Crippen molar-refractivity contribution in [3.8, 4) is 0 Å². The lowest BCUT2D eigenvalue weighted by atomic mass is 10.1. The van der Waals surface area contributed by atoms with Gasteiger partial charge in [0, 0.05) is 17.9 Å². The standard InChI is InChI=1S/C10H7F3N2O2S/c11-10(12,13)9-14-8(5-18-9)6-1-3-7(4-2-6)15(16)17/h1-4,8H,5H2. The molecule has 0 amide bonds. The van der Waals surface area contributed by atoms with E-state index < -0.39 is 22.2 Å². The molecule has 0 aliphatic carbocycles. The van der Waals surface area contributed by atoms with Crippen molar-refractivity contribution in [2.24, 2.45) is 4.99 Å². The third kappa shape index (κ3) is 2.63. The van der Waals surface area contributed by atoms with Crippen molar-refractivity contribution in [3.05, 3.63) is 39.9 Å². The highest BCUT2D eigenvalue weighted by Gasteiger charge is 2.40. The number of nitro groups is 1. The summed E-state index contributed by atoms with van der Waals surface area (Å²) in [5, 5.41) is 9.60. The highest BCUT2D eigenvalue weighted by molar-refractivity contribution is 8.14. The average Bonchev–Trinajstić information content (AvgIpc) is 2.78. The SMILES string of the molecule is O=[N+]([O-])c1ccc(C2CSC(C(F)(F)F)=N2)cc1. The molecular formula is C10H7F3N2O2S. The zero-order valence-corrected chi connectivity index (χ0v) is 9.66. The number of aliphatic imine (C=N–C) groups is 1. The van der Waals surface area contributed by atoms with E-state index in [2.05, 4.69) is 4.99 Å². The van der Waals surface area contributed by atoms with Crippen LogP contribution in [0.4, 0.5) is 18.9 Å². The fourth-order valence-electron chi connectivity index (χ4n) is 1.52. The predicted molar refractivity (Wildman–Crippen MR) is 61.8 cm³/mol. The predicted octanol–water partition coefficient (Wildman–Crippen LogP) is 3.34. The number of thioether (sulfide) groups is 1. The third-order valence-electron chi connectivity index (χ3n) is 2.38. The van der Waals surface area contributed by atoms with Crippen molar-refractivity contribution in [1.82, 2.24) is 0 Å². The van der Waals surface area contributed by atoms with Crippen molar-refractivity contribution < 1.29 is 18.1 Å². The molecule has 0 N–H and O–H groups in total. The second-order valence-corrected chi connectivity index (χ2v) is 4.62. The number of nitro benzene ring substituents is 1. The lowest BCUT2D eigenvalue weighted by Gasteiger charge is -2.05. The van der Waals surface area contributed by atoms with Gasteiger partial charge in [-0.3, -0.25) is 15.1 Å². The minimum Gasteiger partial charge on any atom is -0.265 e. The highest BCUT2D eigenvalue weighted by Crippen LogP contribution is 2.37. The number of halogens is 3. The number of benzene rings is 1. The first-order valence-corrected chi connectivity index (χ1v) is 5.88. The Morgan fingerprint density at radius 1 is 1.33 bits per heavy atom. The molecule has 1 aromatic rings. The zero-order valence-electron chi connectivity index (χ0n) is 8.85. The first-order valence-electron chi connectivity index (χ1n) is 4.90. The summed E-state index contributed by atoms with van der Waals surface area (Å²) in [5.74, 6) is 0.201. The van der Waals surface area contributed by atoms with Crippen molar-refractivity contribution in [2.75, 3.05) is 5.75 Å². The highest BCUT2D eigenvalue weighted by atomic mass is 32.2. The molecule has 8 heteroatoms. The second-order valence-electron chi connectivity index (χ2n) is 3.61. The van der Waals surface area contributed by atoms with E-state index >= 15 is 0 Å². The van der Waals surface area contributed by atoms with Gasteiger partial charge >= 0.3 is 6.18 Å². The molecule has 0 radical (unpaired) electrons. The number of rotatable bonds is 2. The van der Waals surface area contributed by atoms with Crippen LogP contribution in [0.15, 0.2) is 29.3 Å². The van der Waals surface area contributed by atoms with Gasteiger partial charge in [-0.2, -0.15) is 13.2 Å². The molecule has 4 nitrogen and oxygen atoms in total. The Bertz CT molecular complexity index is 499. The van der Waals surface area contributed by atoms with Crippen LogP contribution in [-0.4, -0.2) is 21.9 Å². The van der Waals surface area contributed by atoms with Gasteiger partial charge in [-0.15, -0.1) is 0 Å². The third-order valence-corrected chi connectivity index (χ3v) is 3.47. The lowest BCUT2D eigenvalue weighted by molar-refractivity contribution is -0.384. The van der Waals surface area contributed by atoms with Gasteiger partial charge in [0.2, 0.25) is 0 Å². The van der Waals surface area contributed by atoms with Crippen molar-refractivity contribution in [3.63, 3.8) is 0 Å². The van der Waals surface area contributed by atoms with E-state index in [9.17, 15) is 23.3 Å². The topological polar surface area (TPSA) is 55.5 Å². The van der Waals surface area contributed by atoms with Gasteiger partial charge < -0.3 is 0 Å². The normalized spacial score (nSPS) is 19.7. The Morgan fingerprint density at radius 2 is 1.94 bits per heavy atom. The van der Waals surface area contributed by atoms with Gasteiger partial charge in [0.1, 0.15) is 0 Å². The molecule has 96 valence electrons. The van der Waals surface area contributed by atoms with Crippen LogP contribution in [0.3, 0.4) is 0 Å². The maximum absolute atomic E-state index is 12.4. The van der Waals surface area contributed by atoms with Gasteiger partial charge in [-0.25, -0.2) is 0 Å². The minimum atomic E-state index is -4.42. The quantitative estimate of drug-likeness (QED) is 0.615. The second kappa shape index (κ2) is 4.60. The number of alkyl halides is 3. The molecule has 0 spiro atoms. The van der Waals surface area contributed by atoms with E-state index in [0.29, 0.717) is 17.3 Å². The van der Waals surface area contributed by atoms with E-state index in [1.54, 1.807) is 0 Å². The fourth-order valence-corrected chi connectivity index (χ4v) is 2.47. The van der Waals surface area contributed by atoms with E-state index in [1.807, 2.05) is 0 Å². The molecule has 0 fully saturated rings. The monoisotopic (exact) mass is 276 g/mol. The summed E-state index contributed by atoms with van der Waals surface area (Å²) in [7, 11) is 0. The summed E-state index contributed by atoms with van der Waals surface area (Å²) in [6.45, 7) is 0. The molecule has 0 saturated carbocycles. The van der Waals surface area contributed by atoms with Crippen LogP contribution >= 0.6 is 11.8 Å². The Hall–Kier alpha value is -1.57. The van der Waals surface area contributed by atoms with E-state index in [4.69, 9.17) is 0 Å². The van der Waals surface area contributed by atoms with Crippen molar-refractivity contribution in [1.29, 1.82) is 0 Å². The molecule has 1 aromatic carbocycles. The lowest BCUT2D eigenvalue weighted by Crippen LogP contribution is -2.17. The molecule has 1 unspecified atom stereocenters. The van der Waals surface area contributed by atoms with E-state index in [1.165, 1.54) is 24.3 Å². The number of nitrogens with zero attached hydrogens (tertiary/aromatic N) is 2. The Labute approximate surface area is 104 Å². The first-order chi connectivity index (χ1) is 8.38. The summed E-state index contributed by atoms with van der Waals surface area (Å²) in [6, 6.07) is 4.81. The summed E-state index contributed by atoms with van der Waals surface area (Å²) in [6.07, 6.45) is -4.42. The van der Waals surface area contributed by atoms with Gasteiger partial charge in [0.05, 0.1) is 11.0 Å². The minimum absolute atomic E-state index is 0.0931. The van der Waals surface area contributed by atoms with Crippen LogP contribution in [0.1, 0.15) is 11.6 Å². The zero-order chi connectivity index (χ0) is 13.3. The maximum atomic E-state index is 12.4. The van der Waals surface area contributed by atoms with Crippen molar-refractivity contribution >= 4 is 22.5 Å².